The van der Waals surface area contributed by atoms with E-state index in [0.717, 1.165) is 30.4 Å². The highest BCUT2D eigenvalue weighted by Crippen LogP contribution is 2.24. The van der Waals surface area contributed by atoms with Gasteiger partial charge in [0.25, 0.3) is 0 Å². The number of benzene rings is 1. The van der Waals surface area contributed by atoms with Gasteiger partial charge >= 0.3 is 0 Å². The van der Waals surface area contributed by atoms with E-state index >= 15 is 0 Å². The van der Waals surface area contributed by atoms with Crippen LogP contribution in [0.15, 0.2) is 35.9 Å². The summed E-state index contributed by atoms with van der Waals surface area (Å²) in [7, 11) is 0. The minimum atomic E-state index is -0.297. The van der Waals surface area contributed by atoms with Crippen LogP contribution in [0, 0.1) is 5.41 Å². The molecule has 1 aromatic rings. The number of hydrogen-bond acceptors (Lipinski definition) is 1. The van der Waals surface area contributed by atoms with Gasteiger partial charge in [-0.2, -0.15) is 0 Å². The quantitative estimate of drug-likeness (QED) is 0.675. The fourth-order valence-electron chi connectivity index (χ4n) is 1.85. The monoisotopic (exact) mass is 244 g/mol. The first-order valence-corrected chi connectivity index (χ1v) is 6.75. The van der Waals surface area contributed by atoms with Crippen molar-refractivity contribution in [1.82, 2.24) is 0 Å². The molecule has 1 aromatic carbocycles. The van der Waals surface area contributed by atoms with E-state index in [1.54, 1.807) is 0 Å². The van der Waals surface area contributed by atoms with Crippen molar-refractivity contribution in [1.29, 1.82) is 0 Å². The van der Waals surface area contributed by atoms with Crippen LogP contribution in [0.2, 0.25) is 0 Å². The molecule has 0 amide bonds. The molecule has 0 aliphatic rings. The molecule has 1 heteroatoms. The molecule has 0 unspecified atom stereocenters. The predicted octanol–water partition coefficient (Wildman–Crippen LogP) is 4.88. The Morgan fingerprint density at radius 1 is 1.17 bits per heavy atom. The van der Waals surface area contributed by atoms with Crippen LogP contribution in [-0.2, 0) is 4.79 Å². The molecule has 98 valence electrons. The average Bonchev–Trinajstić information content (AvgIpc) is 2.33. The first-order valence-electron chi connectivity index (χ1n) is 6.75. The lowest BCUT2D eigenvalue weighted by atomic mass is 9.84. The summed E-state index contributed by atoms with van der Waals surface area (Å²) in [6.07, 6.45) is 5.11. The maximum atomic E-state index is 12.4. The third-order valence-electron chi connectivity index (χ3n) is 2.91. The number of rotatable bonds is 5. The van der Waals surface area contributed by atoms with E-state index in [4.69, 9.17) is 0 Å². The van der Waals surface area contributed by atoms with Crippen molar-refractivity contribution in [3.05, 3.63) is 41.5 Å². The molecule has 0 saturated heterocycles. The van der Waals surface area contributed by atoms with Crippen LogP contribution in [0.5, 0.6) is 0 Å². The highest BCUT2D eigenvalue weighted by Gasteiger charge is 2.24. The number of ketones is 1. The molecule has 0 aromatic heterocycles. The first kappa shape index (κ1) is 14.7. The molecule has 0 N–H and O–H groups in total. The summed E-state index contributed by atoms with van der Waals surface area (Å²) in [5.41, 5.74) is 1.77. The van der Waals surface area contributed by atoms with Crippen molar-refractivity contribution in [3.63, 3.8) is 0 Å². The standard InChI is InChI=1S/C17H24O/c1-5-6-12-15(16(18)17(2,3)4)13-14-10-8-7-9-11-14/h7-11,13H,5-6,12H2,1-4H3/b15-13+. The van der Waals surface area contributed by atoms with Crippen LogP contribution in [0.25, 0.3) is 6.08 Å². The van der Waals surface area contributed by atoms with Gasteiger partial charge in [0.15, 0.2) is 5.78 Å². The molecular formula is C17H24O. The Bertz CT molecular complexity index is 407. The molecule has 1 rings (SSSR count). The van der Waals surface area contributed by atoms with Gasteiger partial charge in [-0.15, -0.1) is 0 Å². The first-order chi connectivity index (χ1) is 8.45. The van der Waals surface area contributed by atoms with Crippen LogP contribution in [0.4, 0.5) is 0 Å². The molecule has 0 aliphatic carbocycles. The van der Waals surface area contributed by atoms with Crippen LogP contribution in [0.3, 0.4) is 0 Å². The lowest BCUT2D eigenvalue weighted by molar-refractivity contribution is -0.122. The number of carbonyl (C=O) groups excluding carboxylic acids is 1. The Labute approximate surface area is 111 Å². The topological polar surface area (TPSA) is 17.1 Å². The normalized spacial score (nSPS) is 12.6. The largest absolute Gasteiger partial charge is 0.294 e. The number of Topliss-reactive ketones (excluding diaryl/α,β-unsaturated/α-hetero) is 1. The molecule has 0 bridgehead atoms. The van der Waals surface area contributed by atoms with E-state index in [1.807, 2.05) is 57.2 Å². The lowest BCUT2D eigenvalue weighted by Gasteiger charge is -2.19. The van der Waals surface area contributed by atoms with E-state index in [1.165, 1.54) is 0 Å². The molecule has 0 spiro atoms. The highest BCUT2D eigenvalue weighted by molar-refractivity contribution is 6.02. The van der Waals surface area contributed by atoms with Crippen molar-refractivity contribution in [2.24, 2.45) is 5.41 Å². The fourth-order valence-corrected chi connectivity index (χ4v) is 1.85. The second-order valence-corrected chi connectivity index (χ2v) is 5.76. The van der Waals surface area contributed by atoms with E-state index in [9.17, 15) is 4.79 Å². The Morgan fingerprint density at radius 2 is 1.78 bits per heavy atom. The van der Waals surface area contributed by atoms with Gasteiger partial charge in [0.2, 0.25) is 0 Å². The predicted molar refractivity (Wildman–Crippen MR) is 78.4 cm³/mol. The third kappa shape index (κ3) is 4.48. The molecule has 0 saturated carbocycles. The number of carbonyl (C=O) groups is 1. The van der Waals surface area contributed by atoms with Crippen LogP contribution >= 0.6 is 0 Å². The molecule has 0 atom stereocenters. The molecule has 0 fully saturated rings. The summed E-state index contributed by atoms with van der Waals surface area (Å²) < 4.78 is 0. The van der Waals surface area contributed by atoms with Gasteiger partial charge in [0.05, 0.1) is 0 Å². The smallest absolute Gasteiger partial charge is 0.164 e. The molecule has 0 radical (unpaired) electrons. The van der Waals surface area contributed by atoms with Gasteiger partial charge in [-0.3, -0.25) is 4.79 Å². The Kier molecular flexibility index (Phi) is 5.33. The maximum Gasteiger partial charge on any atom is 0.164 e. The Balaban J connectivity index is 2.98. The van der Waals surface area contributed by atoms with Crippen molar-refractivity contribution in [3.8, 4) is 0 Å². The summed E-state index contributed by atoms with van der Waals surface area (Å²) in [5.74, 6) is 0.264. The zero-order valence-electron chi connectivity index (χ0n) is 12.0. The van der Waals surface area contributed by atoms with E-state index in [0.29, 0.717) is 0 Å². The molecule has 0 heterocycles. The molecular weight excluding hydrogens is 220 g/mol. The third-order valence-corrected chi connectivity index (χ3v) is 2.91. The van der Waals surface area contributed by atoms with Gasteiger partial charge in [-0.05, 0) is 30.1 Å². The zero-order chi connectivity index (χ0) is 13.6. The Hall–Kier alpha value is -1.37. The van der Waals surface area contributed by atoms with Gasteiger partial charge in [0.1, 0.15) is 0 Å². The summed E-state index contributed by atoms with van der Waals surface area (Å²) >= 11 is 0. The molecule has 1 nitrogen and oxygen atoms in total. The summed E-state index contributed by atoms with van der Waals surface area (Å²) in [5, 5.41) is 0. The van der Waals surface area contributed by atoms with Crippen molar-refractivity contribution in [2.45, 2.75) is 47.0 Å². The second kappa shape index (κ2) is 6.53. The van der Waals surface area contributed by atoms with Crippen molar-refractivity contribution in [2.75, 3.05) is 0 Å². The van der Waals surface area contributed by atoms with Gasteiger partial charge in [-0.25, -0.2) is 0 Å². The van der Waals surface area contributed by atoms with Crippen molar-refractivity contribution < 1.29 is 4.79 Å². The molecule has 18 heavy (non-hydrogen) atoms. The lowest BCUT2D eigenvalue weighted by Crippen LogP contribution is -2.22. The summed E-state index contributed by atoms with van der Waals surface area (Å²) in [6.45, 7) is 8.11. The van der Waals surface area contributed by atoms with Gasteiger partial charge in [0, 0.05) is 5.41 Å². The van der Waals surface area contributed by atoms with Crippen LogP contribution < -0.4 is 0 Å². The summed E-state index contributed by atoms with van der Waals surface area (Å²) in [6, 6.07) is 10.1. The van der Waals surface area contributed by atoms with E-state index < -0.39 is 0 Å². The minimum absolute atomic E-state index is 0.264. The minimum Gasteiger partial charge on any atom is -0.294 e. The van der Waals surface area contributed by atoms with Crippen LogP contribution in [-0.4, -0.2) is 5.78 Å². The molecule has 0 aliphatic heterocycles. The number of allylic oxidation sites excluding steroid dienone is 1. The number of hydrogen-bond donors (Lipinski definition) is 0. The van der Waals surface area contributed by atoms with E-state index in [2.05, 4.69) is 6.92 Å². The SMILES string of the molecule is CCCC/C(=C\c1ccccc1)C(=O)C(C)(C)C. The Morgan fingerprint density at radius 3 is 2.28 bits per heavy atom. The summed E-state index contributed by atoms with van der Waals surface area (Å²) in [4.78, 5) is 12.4. The van der Waals surface area contributed by atoms with Gasteiger partial charge < -0.3 is 0 Å². The fraction of sp³-hybridized carbons (Fsp3) is 0.471. The second-order valence-electron chi connectivity index (χ2n) is 5.76. The number of unbranched alkanes of at least 4 members (excludes halogenated alkanes) is 1. The average molecular weight is 244 g/mol. The maximum absolute atomic E-state index is 12.4. The van der Waals surface area contributed by atoms with Crippen LogP contribution in [0.1, 0.15) is 52.5 Å². The highest BCUT2D eigenvalue weighted by atomic mass is 16.1. The van der Waals surface area contributed by atoms with Gasteiger partial charge in [-0.1, -0.05) is 64.4 Å². The van der Waals surface area contributed by atoms with E-state index in [-0.39, 0.29) is 11.2 Å². The van der Waals surface area contributed by atoms with Crippen molar-refractivity contribution >= 4 is 11.9 Å². The zero-order valence-corrected chi connectivity index (χ0v) is 12.0.